The number of carbonyl (C=O) groups is 1. The number of halogens is 2. The van der Waals surface area contributed by atoms with Crippen LogP contribution >= 0.6 is 35.0 Å². The van der Waals surface area contributed by atoms with E-state index in [2.05, 4.69) is 5.32 Å². The number of nitrogen functional groups attached to an aromatic ring is 1. The zero-order valence-corrected chi connectivity index (χ0v) is 12.6. The van der Waals surface area contributed by atoms with Crippen molar-refractivity contribution in [2.75, 3.05) is 29.2 Å². The zero-order chi connectivity index (χ0) is 14.3. The van der Waals surface area contributed by atoms with Gasteiger partial charge in [0.05, 0.1) is 16.4 Å². The fourth-order valence-corrected chi connectivity index (χ4v) is 2.78. The molecule has 0 bridgehead atoms. The first-order chi connectivity index (χ1) is 9.04. The molecule has 1 rings (SSSR count). The van der Waals surface area contributed by atoms with E-state index in [0.717, 1.165) is 12.2 Å². The number of rotatable bonds is 7. The molecule has 4 nitrogen and oxygen atoms in total. The normalized spacial score (nSPS) is 10.5. The van der Waals surface area contributed by atoms with Gasteiger partial charge >= 0.3 is 0 Å². The van der Waals surface area contributed by atoms with E-state index < -0.39 is 0 Å². The molecule has 0 unspecified atom stereocenters. The number of thioether (sulfide) groups is 1. The van der Waals surface area contributed by atoms with E-state index >= 15 is 0 Å². The number of amides is 1. The van der Waals surface area contributed by atoms with E-state index in [1.165, 1.54) is 6.07 Å². The van der Waals surface area contributed by atoms with E-state index in [0.29, 0.717) is 33.6 Å². The van der Waals surface area contributed by atoms with Crippen molar-refractivity contribution in [1.82, 2.24) is 0 Å². The van der Waals surface area contributed by atoms with Gasteiger partial charge in [-0.1, -0.05) is 23.2 Å². The van der Waals surface area contributed by atoms with Crippen LogP contribution in [0, 0.1) is 0 Å². The topological polar surface area (TPSA) is 75.3 Å². The van der Waals surface area contributed by atoms with Crippen molar-refractivity contribution in [3.8, 4) is 0 Å². The zero-order valence-electron chi connectivity index (χ0n) is 10.3. The van der Waals surface area contributed by atoms with Crippen LogP contribution in [0.25, 0.3) is 0 Å². The Morgan fingerprint density at radius 2 is 2.11 bits per heavy atom. The minimum Gasteiger partial charge on any atom is -0.397 e. The minimum absolute atomic E-state index is 0.146. The van der Waals surface area contributed by atoms with Gasteiger partial charge in [0.25, 0.3) is 0 Å². The molecule has 0 heterocycles. The van der Waals surface area contributed by atoms with E-state index in [1.54, 1.807) is 17.8 Å². The first-order valence-electron chi connectivity index (χ1n) is 5.77. The molecule has 7 heteroatoms. The van der Waals surface area contributed by atoms with Crippen LogP contribution in [0.15, 0.2) is 12.1 Å². The van der Waals surface area contributed by atoms with Crippen LogP contribution in [0.3, 0.4) is 0 Å². The summed E-state index contributed by atoms with van der Waals surface area (Å²) in [4.78, 5) is 11.7. The summed E-state index contributed by atoms with van der Waals surface area (Å²) in [5.41, 5.74) is 6.49. The molecule has 0 fully saturated rings. The number of hydrogen-bond donors (Lipinski definition) is 3. The molecular formula is C12H16Cl2N2O2S. The smallest absolute Gasteiger partial charge is 0.225 e. The molecule has 0 aliphatic rings. The molecule has 0 radical (unpaired) electrons. The standard InChI is InChI=1S/C12H16Cl2N2O2S/c13-8-6-9(14)12(10(15)7-8)16-11(18)2-5-19-4-1-3-17/h6-7,17H,1-5,15H2,(H,16,18). The predicted octanol–water partition coefficient (Wildman–Crippen LogP) is 3.02. The number of hydrogen-bond acceptors (Lipinski definition) is 4. The van der Waals surface area contributed by atoms with Crippen LogP contribution in [0.2, 0.25) is 10.0 Å². The molecule has 1 aromatic carbocycles. The molecule has 0 atom stereocenters. The fraction of sp³-hybridized carbons (Fsp3) is 0.417. The summed E-state index contributed by atoms with van der Waals surface area (Å²) in [5.74, 6) is 1.39. The number of aliphatic hydroxyl groups is 1. The van der Waals surface area contributed by atoms with E-state index in [4.69, 9.17) is 34.0 Å². The average molecular weight is 323 g/mol. The summed E-state index contributed by atoms with van der Waals surface area (Å²) in [6, 6.07) is 3.07. The predicted molar refractivity (Wildman–Crippen MR) is 83.1 cm³/mol. The highest BCUT2D eigenvalue weighted by Crippen LogP contribution is 2.32. The second kappa shape index (κ2) is 8.53. The van der Waals surface area contributed by atoms with Crippen LogP contribution in [-0.2, 0) is 4.79 Å². The second-order valence-corrected chi connectivity index (χ2v) is 5.91. The lowest BCUT2D eigenvalue weighted by Crippen LogP contribution is -2.14. The van der Waals surface area contributed by atoms with Gasteiger partial charge < -0.3 is 16.2 Å². The Morgan fingerprint density at radius 3 is 2.74 bits per heavy atom. The van der Waals surface area contributed by atoms with E-state index in [9.17, 15) is 4.79 Å². The third-order valence-electron chi connectivity index (χ3n) is 2.27. The number of nitrogens with one attached hydrogen (secondary N) is 1. The van der Waals surface area contributed by atoms with Gasteiger partial charge in [-0.2, -0.15) is 11.8 Å². The highest BCUT2D eigenvalue weighted by molar-refractivity contribution is 7.99. The van der Waals surface area contributed by atoms with Crippen LogP contribution in [0.5, 0.6) is 0 Å². The largest absolute Gasteiger partial charge is 0.397 e. The maximum Gasteiger partial charge on any atom is 0.225 e. The summed E-state index contributed by atoms with van der Waals surface area (Å²) in [7, 11) is 0. The van der Waals surface area contributed by atoms with Crippen molar-refractivity contribution in [3.63, 3.8) is 0 Å². The molecule has 19 heavy (non-hydrogen) atoms. The summed E-state index contributed by atoms with van der Waals surface area (Å²) in [6.45, 7) is 0.177. The highest BCUT2D eigenvalue weighted by Gasteiger charge is 2.10. The van der Waals surface area contributed by atoms with Crippen molar-refractivity contribution in [1.29, 1.82) is 0 Å². The maximum atomic E-state index is 11.7. The summed E-state index contributed by atoms with van der Waals surface area (Å²) in [6.07, 6.45) is 1.11. The van der Waals surface area contributed by atoms with E-state index in [1.807, 2.05) is 0 Å². The molecule has 1 amide bonds. The fourth-order valence-electron chi connectivity index (χ4n) is 1.36. The van der Waals surface area contributed by atoms with Gasteiger partial charge in [0, 0.05) is 23.8 Å². The van der Waals surface area contributed by atoms with Crippen molar-refractivity contribution in [3.05, 3.63) is 22.2 Å². The van der Waals surface area contributed by atoms with Crippen LogP contribution in [-0.4, -0.2) is 29.1 Å². The molecular weight excluding hydrogens is 307 g/mol. The molecule has 106 valence electrons. The third-order valence-corrected chi connectivity index (χ3v) is 3.86. The van der Waals surface area contributed by atoms with Gasteiger partial charge in [0.1, 0.15) is 0 Å². The van der Waals surface area contributed by atoms with Gasteiger partial charge in [0.15, 0.2) is 0 Å². The first-order valence-corrected chi connectivity index (χ1v) is 7.68. The summed E-state index contributed by atoms with van der Waals surface area (Å²) in [5, 5.41) is 12.1. The van der Waals surface area contributed by atoms with Crippen LogP contribution in [0.4, 0.5) is 11.4 Å². The van der Waals surface area contributed by atoms with Gasteiger partial charge in [-0.3, -0.25) is 4.79 Å². The highest BCUT2D eigenvalue weighted by atomic mass is 35.5. The average Bonchev–Trinajstić information content (AvgIpc) is 2.33. The molecule has 0 saturated carbocycles. The Kier molecular flexibility index (Phi) is 7.38. The molecule has 1 aromatic rings. The lowest BCUT2D eigenvalue weighted by molar-refractivity contribution is -0.115. The molecule has 0 aliphatic heterocycles. The number of nitrogens with two attached hydrogens (primary N) is 1. The lowest BCUT2D eigenvalue weighted by atomic mass is 10.2. The van der Waals surface area contributed by atoms with Gasteiger partial charge in [-0.15, -0.1) is 0 Å². The Hall–Kier alpha value is -0.620. The van der Waals surface area contributed by atoms with Crippen molar-refractivity contribution >= 4 is 52.2 Å². The quantitative estimate of drug-likeness (QED) is 0.532. The first kappa shape index (κ1) is 16.4. The van der Waals surface area contributed by atoms with E-state index in [-0.39, 0.29) is 12.5 Å². The van der Waals surface area contributed by atoms with Gasteiger partial charge in [0.2, 0.25) is 5.91 Å². The number of aliphatic hydroxyl groups excluding tert-OH is 1. The van der Waals surface area contributed by atoms with Crippen LogP contribution < -0.4 is 11.1 Å². The van der Waals surface area contributed by atoms with Crippen LogP contribution in [0.1, 0.15) is 12.8 Å². The van der Waals surface area contributed by atoms with Gasteiger partial charge in [-0.25, -0.2) is 0 Å². The van der Waals surface area contributed by atoms with Gasteiger partial charge in [-0.05, 0) is 24.3 Å². The Bertz CT molecular complexity index is 421. The maximum absolute atomic E-state index is 11.7. The Labute approximate surface area is 126 Å². The molecule has 0 aliphatic carbocycles. The van der Waals surface area contributed by atoms with Crippen molar-refractivity contribution < 1.29 is 9.90 Å². The number of anilines is 2. The molecule has 4 N–H and O–H groups in total. The number of benzene rings is 1. The van der Waals surface area contributed by atoms with Crippen molar-refractivity contribution in [2.45, 2.75) is 12.8 Å². The molecule has 0 aromatic heterocycles. The Balaban J connectivity index is 2.44. The second-order valence-electron chi connectivity index (χ2n) is 3.84. The number of carbonyl (C=O) groups excluding carboxylic acids is 1. The SMILES string of the molecule is Nc1cc(Cl)cc(Cl)c1NC(=O)CCSCCCO. The molecule has 0 spiro atoms. The Morgan fingerprint density at radius 1 is 1.37 bits per heavy atom. The monoisotopic (exact) mass is 322 g/mol. The third kappa shape index (κ3) is 5.91. The summed E-state index contributed by atoms with van der Waals surface area (Å²) < 4.78 is 0. The summed E-state index contributed by atoms with van der Waals surface area (Å²) >= 11 is 13.4. The molecule has 0 saturated heterocycles. The van der Waals surface area contributed by atoms with Crippen molar-refractivity contribution in [2.24, 2.45) is 0 Å². The lowest BCUT2D eigenvalue weighted by Gasteiger charge is -2.10. The minimum atomic E-state index is -0.146.